The van der Waals surface area contributed by atoms with Crippen molar-refractivity contribution in [3.8, 4) is 5.75 Å². The summed E-state index contributed by atoms with van der Waals surface area (Å²) in [6.45, 7) is 13.5. The van der Waals surface area contributed by atoms with E-state index in [0.29, 0.717) is 55.6 Å². The van der Waals surface area contributed by atoms with Crippen LogP contribution in [0.25, 0.3) is 11.2 Å². The largest absolute Gasteiger partial charge is 0.493 e. The average Bonchev–Trinajstić information content (AvgIpc) is 3.15. The van der Waals surface area contributed by atoms with Crippen molar-refractivity contribution in [3.05, 3.63) is 47.2 Å². The lowest BCUT2D eigenvalue weighted by Crippen LogP contribution is -2.48. The zero-order chi connectivity index (χ0) is 22.2. The number of amides is 1. The fraction of sp³-hybridized carbons (Fsp3) is 0.458. The van der Waals surface area contributed by atoms with Gasteiger partial charge in [-0.05, 0) is 55.2 Å². The summed E-state index contributed by atoms with van der Waals surface area (Å²) >= 11 is 0. The molecule has 0 spiro atoms. The Kier molecular flexibility index (Phi) is 5.60. The fourth-order valence-electron chi connectivity index (χ4n) is 3.56. The first-order chi connectivity index (χ1) is 14.7. The van der Waals surface area contributed by atoms with Crippen LogP contribution in [0.3, 0.4) is 0 Å². The van der Waals surface area contributed by atoms with Gasteiger partial charge in [-0.1, -0.05) is 20.8 Å². The molecule has 0 aliphatic carbocycles. The summed E-state index contributed by atoms with van der Waals surface area (Å²) in [7, 11) is 0. The smallest absolute Gasteiger partial charge is 0.300 e. The first-order valence-electron chi connectivity index (χ1n) is 10.7. The summed E-state index contributed by atoms with van der Waals surface area (Å²) in [5.41, 5.74) is 3.97. The molecule has 0 radical (unpaired) electrons. The molecule has 2 aromatic heterocycles. The maximum atomic E-state index is 13.0. The van der Waals surface area contributed by atoms with Crippen LogP contribution in [0.1, 0.15) is 42.4 Å². The Morgan fingerprint density at radius 3 is 2.48 bits per heavy atom. The molecule has 0 unspecified atom stereocenters. The molecule has 0 bridgehead atoms. The van der Waals surface area contributed by atoms with Gasteiger partial charge in [0.1, 0.15) is 5.75 Å². The lowest BCUT2D eigenvalue weighted by Gasteiger charge is -2.34. The number of ether oxygens (including phenoxy) is 1. The number of piperazine rings is 1. The van der Waals surface area contributed by atoms with E-state index in [1.807, 2.05) is 49.1 Å². The van der Waals surface area contributed by atoms with Gasteiger partial charge in [-0.2, -0.15) is 4.98 Å². The molecule has 164 valence electrons. The summed E-state index contributed by atoms with van der Waals surface area (Å²) < 4.78 is 11.8. The maximum Gasteiger partial charge on any atom is 0.300 e. The van der Waals surface area contributed by atoms with E-state index < -0.39 is 0 Å². The zero-order valence-electron chi connectivity index (χ0n) is 18.9. The molecule has 1 saturated heterocycles. The Morgan fingerprint density at radius 2 is 1.81 bits per heavy atom. The Balaban J connectivity index is 1.39. The van der Waals surface area contributed by atoms with E-state index in [9.17, 15) is 4.79 Å². The normalized spacial score (nSPS) is 14.9. The molecule has 0 saturated carbocycles. The summed E-state index contributed by atoms with van der Waals surface area (Å²) in [5.74, 6) is 0.871. The van der Waals surface area contributed by atoms with Gasteiger partial charge in [0.15, 0.2) is 5.58 Å². The van der Waals surface area contributed by atoms with Gasteiger partial charge >= 0.3 is 0 Å². The number of rotatable bonds is 4. The van der Waals surface area contributed by atoms with Crippen molar-refractivity contribution in [3.63, 3.8) is 0 Å². The van der Waals surface area contributed by atoms with Crippen LogP contribution in [-0.2, 0) is 0 Å². The van der Waals surface area contributed by atoms with Gasteiger partial charge in [-0.25, -0.2) is 4.98 Å². The molecule has 0 N–H and O–H groups in total. The predicted octanol–water partition coefficient (Wildman–Crippen LogP) is 4.23. The standard InChI is InChI=1S/C24H30N4O3/c1-16-14-18(7-9-19(16)30-15-24(3,4)5)22(29)27-10-12-28(13-11-27)23-26-21-20(31-23)8-6-17(2)25-21/h6-9,14H,10-13,15H2,1-5H3. The van der Waals surface area contributed by atoms with Gasteiger partial charge in [0.05, 0.1) is 6.61 Å². The highest BCUT2D eigenvalue weighted by Crippen LogP contribution is 2.25. The van der Waals surface area contributed by atoms with Gasteiger partial charge in [-0.15, -0.1) is 0 Å². The lowest BCUT2D eigenvalue weighted by molar-refractivity contribution is 0.0745. The molecule has 1 amide bonds. The molecule has 1 aromatic carbocycles. The van der Waals surface area contributed by atoms with Gasteiger partial charge in [0, 0.05) is 37.4 Å². The van der Waals surface area contributed by atoms with Crippen molar-refractivity contribution >= 4 is 23.2 Å². The monoisotopic (exact) mass is 422 g/mol. The Bertz CT molecular complexity index is 1090. The summed E-state index contributed by atoms with van der Waals surface area (Å²) in [6.07, 6.45) is 0. The third kappa shape index (κ3) is 4.81. The Labute approximate surface area is 183 Å². The first-order valence-corrected chi connectivity index (χ1v) is 10.7. The topological polar surface area (TPSA) is 71.7 Å². The molecule has 1 aliphatic rings. The second-order valence-corrected chi connectivity index (χ2v) is 9.38. The van der Waals surface area contributed by atoms with E-state index in [4.69, 9.17) is 9.15 Å². The fourth-order valence-corrected chi connectivity index (χ4v) is 3.56. The highest BCUT2D eigenvalue weighted by atomic mass is 16.5. The molecular weight excluding hydrogens is 392 g/mol. The number of hydrogen-bond acceptors (Lipinski definition) is 6. The Hall–Kier alpha value is -3.09. The van der Waals surface area contributed by atoms with Crippen LogP contribution in [0.5, 0.6) is 5.75 Å². The van der Waals surface area contributed by atoms with Crippen LogP contribution >= 0.6 is 0 Å². The van der Waals surface area contributed by atoms with E-state index >= 15 is 0 Å². The summed E-state index contributed by atoms with van der Waals surface area (Å²) in [6, 6.07) is 10.0. The van der Waals surface area contributed by atoms with Gasteiger partial charge in [-0.3, -0.25) is 4.79 Å². The molecule has 1 fully saturated rings. The second-order valence-electron chi connectivity index (χ2n) is 9.38. The number of carbonyl (C=O) groups is 1. The van der Waals surface area contributed by atoms with Crippen LogP contribution < -0.4 is 9.64 Å². The molecule has 7 nitrogen and oxygen atoms in total. The first kappa shape index (κ1) is 21.2. The van der Waals surface area contributed by atoms with E-state index in [2.05, 4.69) is 35.6 Å². The molecule has 3 aromatic rings. The summed E-state index contributed by atoms with van der Waals surface area (Å²) in [5, 5.41) is 0. The van der Waals surface area contributed by atoms with Crippen molar-refractivity contribution in [1.82, 2.24) is 14.9 Å². The maximum absolute atomic E-state index is 13.0. The number of nitrogens with zero attached hydrogens (tertiary/aromatic N) is 4. The Morgan fingerprint density at radius 1 is 1.06 bits per heavy atom. The number of benzene rings is 1. The van der Waals surface area contributed by atoms with Crippen molar-refractivity contribution in [1.29, 1.82) is 0 Å². The highest BCUT2D eigenvalue weighted by Gasteiger charge is 2.25. The number of hydrogen-bond donors (Lipinski definition) is 0. The molecule has 31 heavy (non-hydrogen) atoms. The molecule has 4 rings (SSSR count). The van der Waals surface area contributed by atoms with Crippen LogP contribution in [0, 0.1) is 19.3 Å². The quantitative estimate of drug-likeness (QED) is 0.627. The number of aryl methyl sites for hydroxylation is 2. The van der Waals surface area contributed by atoms with Crippen LogP contribution in [0.4, 0.5) is 6.01 Å². The minimum Gasteiger partial charge on any atom is -0.493 e. The average molecular weight is 423 g/mol. The van der Waals surface area contributed by atoms with E-state index in [1.54, 1.807) is 0 Å². The molecule has 7 heteroatoms. The highest BCUT2D eigenvalue weighted by molar-refractivity contribution is 5.94. The number of aromatic nitrogens is 2. The SMILES string of the molecule is Cc1ccc2oc(N3CCN(C(=O)c4ccc(OCC(C)(C)C)c(C)c4)CC3)nc2n1. The zero-order valence-corrected chi connectivity index (χ0v) is 18.9. The molecular formula is C24H30N4O3. The van der Waals surface area contributed by atoms with E-state index in [-0.39, 0.29) is 11.3 Å². The van der Waals surface area contributed by atoms with Gasteiger partial charge < -0.3 is 19.0 Å². The summed E-state index contributed by atoms with van der Waals surface area (Å²) in [4.78, 5) is 25.9. The van der Waals surface area contributed by atoms with Crippen molar-refractivity contribution in [2.24, 2.45) is 5.41 Å². The molecule has 1 aliphatic heterocycles. The van der Waals surface area contributed by atoms with Crippen LogP contribution in [-0.4, -0.2) is 53.6 Å². The van der Waals surface area contributed by atoms with E-state index in [1.165, 1.54) is 0 Å². The minimum absolute atomic E-state index is 0.0416. The van der Waals surface area contributed by atoms with Crippen molar-refractivity contribution in [2.45, 2.75) is 34.6 Å². The number of anilines is 1. The lowest BCUT2D eigenvalue weighted by atomic mass is 9.98. The van der Waals surface area contributed by atoms with Crippen LogP contribution in [0.15, 0.2) is 34.7 Å². The molecule has 0 atom stereocenters. The third-order valence-corrected chi connectivity index (χ3v) is 5.30. The van der Waals surface area contributed by atoms with Crippen molar-refractivity contribution in [2.75, 3.05) is 37.7 Å². The predicted molar refractivity (Wildman–Crippen MR) is 121 cm³/mol. The number of fused-ring (bicyclic) bond motifs is 1. The number of carbonyl (C=O) groups excluding carboxylic acids is 1. The second kappa shape index (κ2) is 8.21. The number of oxazole rings is 1. The van der Waals surface area contributed by atoms with E-state index in [0.717, 1.165) is 17.0 Å². The molecule has 3 heterocycles. The van der Waals surface area contributed by atoms with Crippen LogP contribution in [0.2, 0.25) is 0 Å². The van der Waals surface area contributed by atoms with Gasteiger partial charge in [0.2, 0.25) is 5.65 Å². The number of pyridine rings is 1. The third-order valence-electron chi connectivity index (χ3n) is 5.30. The minimum atomic E-state index is 0.0416. The van der Waals surface area contributed by atoms with Gasteiger partial charge in [0.25, 0.3) is 11.9 Å². The van der Waals surface area contributed by atoms with Crippen molar-refractivity contribution < 1.29 is 13.9 Å².